The summed E-state index contributed by atoms with van der Waals surface area (Å²) < 4.78 is 23.9. The van der Waals surface area contributed by atoms with Crippen LogP contribution < -0.4 is 15.2 Å². The molecule has 0 spiro atoms. The van der Waals surface area contributed by atoms with Crippen molar-refractivity contribution in [2.24, 2.45) is 0 Å². The second-order valence-electron chi connectivity index (χ2n) is 3.70. The molecule has 0 unspecified atom stereocenters. The van der Waals surface area contributed by atoms with Gasteiger partial charge in [-0.15, -0.1) is 0 Å². The number of halogens is 1. The van der Waals surface area contributed by atoms with Crippen LogP contribution in [0.25, 0.3) is 0 Å². The molecule has 0 aliphatic rings. The van der Waals surface area contributed by atoms with E-state index < -0.39 is 0 Å². The van der Waals surface area contributed by atoms with Gasteiger partial charge >= 0.3 is 0 Å². The van der Waals surface area contributed by atoms with Gasteiger partial charge in [-0.2, -0.15) is 0 Å². The summed E-state index contributed by atoms with van der Waals surface area (Å²) in [6, 6.07) is 13.4. The molecule has 0 atom stereocenters. The zero-order valence-corrected chi connectivity index (χ0v) is 9.80. The van der Waals surface area contributed by atoms with Crippen LogP contribution in [0.15, 0.2) is 48.5 Å². The van der Waals surface area contributed by atoms with Crippen molar-refractivity contribution < 1.29 is 13.9 Å². The van der Waals surface area contributed by atoms with Gasteiger partial charge in [-0.3, -0.25) is 0 Å². The van der Waals surface area contributed by atoms with Crippen LogP contribution in [0, 0.1) is 5.82 Å². The van der Waals surface area contributed by atoms with Crippen molar-refractivity contribution in [2.45, 2.75) is 0 Å². The Labute approximate surface area is 105 Å². The smallest absolute Gasteiger partial charge is 0.165 e. The molecule has 4 heteroatoms. The number of ether oxygens (including phenoxy) is 2. The standard InChI is InChI=1S/C14H14FNO2/c15-13-6-1-2-7-14(13)18-9-8-17-12-5-3-4-11(16)10-12/h1-7,10H,8-9,16H2. The van der Waals surface area contributed by atoms with Crippen LogP contribution in [0.3, 0.4) is 0 Å². The van der Waals surface area contributed by atoms with Crippen molar-refractivity contribution in [3.8, 4) is 11.5 Å². The highest BCUT2D eigenvalue weighted by molar-refractivity contribution is 5.43. The van der Waals surface area contributed by atoms with Gasteiger partial charge in [-0.25, -0.2) is 4.39 Å². The lowest BCUT2D eigenvalue weighted by Gasteiger charge is -2.09. The Bertz CT molecular complexity index is 517. The van der Waals surface area contributed by atoms with Gasteiger partial charge in [0.2, 0.25) is 0 Å². The van der Waals surface area contributed by atoms with Crippen molar-refractivity contribution in [3.05, 3.63) is 54.3 Å². The molecule has 94 valence electrons. The SMILES string of the molecule is Nc1cccc(OCCOc2ccccc2F)c1. The third-order valence-electron chi connectivity index (χ3n) is 2.30. The Hall–Kier alpha value is -2.23. The number of anilines is 1. The van der Waals surface area contributed by atoms with E-state index >= 15 is 0 Å². The second-order valence-corrected chi connectivity index (χ2v) is 3.70. The van der Waals surface area contributed by atoms with Gasteiger partial charge < -0.3 is 15.2 Å². The molecule has 2 aromatic carbocycles. The highest BCUT2D eigenvalue weighted by Crippen LogP contribution is 2.16. The molecule has 0 saturated heterocycles. The molecule has 0 aromatic heterocycles. The van der Waals surface area contributed by atoms with E-state index in [1.54, 1.807) is 36.4 Å². The Morgan fingerprint density at radius 3 is 2.50 bits per heavy atom. The van der Waals surface area contributed by atoms with Crippen LogP contribution in [-0.2, 0) is 0 Å². The van der Waals surface area contributed by atoms with Crippen LogP contribution in [0.2, 0.25) is 0 Å². The van der Waals surface area contributed by atoms with Crippen LogP contribution in [-0.4, -0.2) is 13.2 Å². The first kappa shape index (κ1) is 12.2. The third-order valence-corrected chi connectivity index (χ3v) is 2.30. The summed E-state index contributed by atoms with van der Waals surface area (Å²) >= 11 is 0. The molecule has 0 radical (unpaired) electrons. The number of hydrogen-bond acceptors (Lipinski definition) is 3. The van der Waals surface area contributed by atoms with Gasteiger partial charge in [0.1, 0.15) is 19.0 Å². The number of rotatable bonds is 5. The van der Waals surface area contributed by atoms with Crippen LogP contribution >= 0.6 is 0 Å². The largest absolute Gasteiger partial charge is 0.490 e. The van der Waals surface area contributed by atoms with Gasteiger partial charge in [-0.1, -0.05) is 18.2 Å². The Morgan fingerprint density at radius 1 is 0.944 bits per heavy atom. The Kier molecular flexibility index (Phi) is 4.02. The van der Waals surface area contributed by atoms with E-state index in [1.807, 2.05) is 6.07 Å². The topological polar surface area (TPSA) is 44.5 Å². The van der Waals surface area contributed by atoms with Crippen LogP contribution in [0.5, 0.6) is 11.5 Å². The maximum Gasteiger partial charge on any atom is 0.165 e. The Morgan fingerprint density at radius 2 is 1.72 bits per heavy atom. The molecule has 0 saturated carbocycles. The number of benzene rings is 2. The number of hydrogen-bond donors (Lipinski definition) is 1. The highest BCUT2D eigenvalue weighted by Gasteiger charge is 2.01. The molecule has 2 N–H and O–H groups in total. The fraction of sp³-hybridized carbons (Fsp3) is 0.143. The lowest BCUT2D eigenvalue weighted by molar-refractivity contribution is 0.211. The molecule has 0 bridgehead atoms. The molecule has 2 rings (SSSR count). The predicted octanol–water partition coefficient (Wildman–Crippen LogP) is 2.87. The van der Waals surface area contributed by atoms with Gasteiger partial charge in [0.25, 0.3) is 0 Å². The second kappa shape index (κ2) is 5.91. The Balaban J connectivity index is 1.78. The van der Waals surface area contributed by atoms with Crippen molar-refractivity contribution in [2.75, 3.05) is 18.9 Å². The molecule has 0 heterocycles. The quantitative estimate of drug-likeness (QED) is 0.652. The highest BCUT2D eigenvalue weighted by atomic mass is 19.1. The normalized spacial score (nSPS) is 10.1. The van der Waals surface area contributed by atoms with Crippen molar-refractivity contribution in [3.63, 3.8) is 0 Å². The lowest BCUT2D eigenvalue weighted by atomic mass is 10.3. The maximum atomic E-state index is 13.2. The molecular formula is C14H14FNO2. The van der Waals surface area contributed by atoms with Crippen LogP contribution in [0.4, 0.5) is 10.1 Å². The minimum Gasteiger partial charge on any atom is -0.490 e. The molecular weight excluding hydrogens is 233 g/mol. The number of nitrogen functional groups attached to an aromatic ring is 1. The average molecular weight is 247 g/mol. The molecule has 2 aromatic rings. The molecule has 0 aliphatic carbocycles. The van der Waals surface area contributed by atoms with Gasteiger partial charge in [0.15, 0.2) is 11.6 Å². The molecule has 0 aliphatic heterocycles. The van der Waals surface area contributed by atoms with Gasteiger partial charge in [0, 0.05) is 11.8 Å². The summed E-state index contributed by atoms with van der Waals surface area (Å²) in [5.74, 6) is 0.530. The summed E-state index contributed by atoms with van der Waals surface area (Å²) in [4.78, 5) is 0. The fourth-order valence-electron chi connectivity index (χ4n) is 1.48. The first-order chi connectivity index (χ1) is 8.75. The third kappa shape index (κ3) is 3.38. The summed E-state index contributed by atoms with van der Waals surface area (Å²) in [6.07, 6.45) is 0. The molecule has 0 amide bonds. The summed E-state index contributed by atoms with van der Waals surface area (Å²) in [5, 5.41) is 0. The monoisotopic (exact) mass is 247 g/mol. The van der Waals surface area contributed by atoms with Crippen LogP contribution in [0.1, 0.15) is 0 Å². The van der Waals surface area contributed by atoms with Gasteiger partial charge in [-0.05, 0) is 24.3 Å². The van der Waals surface area contributed by atoms with E-state index in [-0.39, 0.29) is 18.2 Å². The summed E-state index contributed by atoms with van der Waals surface area (Å²) in [5.41, 5.74) is 6.25. The van der Waals surface area contributed by atoms with E-state index in [9.17, 15) is 4.39 Å². The summed E-state index contributed by atoms with van der Waals surface area (Å²) in [6.45, 7) is 0.605. The molecule has 0 fully saturated rings. The zero-order valence-electron chi connectivity index (χ0n) is 9.80. The number of para-hydroxylation sites is 1. The predicted molar refractivity (Wildman–Crippen MR) is 68.2 cm³/mol. The number of nitrogens with two attached hydrogens (primary N) is 1. The van der Waals surface area contributed by atoms with Crippen molar-refractivity contribution in [1.82, 2.24) is 0 Å². The van der Waals surface area contributed by atoms with Gasteiger partial charge in [0.05, 0.1) is 0 Å². The molecule has 18 heavy (non-hydrogen) atoms. The first-order valence-electron chi connectivity index (χ1n) is 5.61. The van der Waals surface area contributed by atoms with E-state index in [0.717, 1.165) is 0 Å². The zero-order chi connectivity index (χ0) is 12.8. The minimum absolute atomic E-state index is 0.230. The maximum absolute atomic E-state index is 13.2. The first-order valence-corrected chi connectivity index (χ1v) is 5.61. The molecule has 3 nitrogen and oxygen atoms in total. The van der Waals surface area contributed by atoms with E-state index in [2.05, 4.69) is 0 Å². The average Bonchev–Trinajstić information content (AvgIpc) is 2.37. The summed E-state index contributed by atoms with van der Waals surface area (Å²) in [7, 11) is 0. The van der Waals surface area contributed by atoms with E-state index in [1.165, 1.54) is 6.07 Å². The van der Waals surface area contributed by atoms with E-state index in [0.29, 0.717) is 18.0 Å². The lowest BCUT2D eigenvalue weighted by Crippen LogP contribution is -2.09. The fourth-order valence-corrected chi connectivity index (χ4v) is 1.48. The van der Waals surface area contributed by atoms with Crippen molar-refractivity contribution in [1.29, 1.82) is 0 Å². The minimum atomic E-state index is -0.374. The van der Waals surface area contributed by atoms with Crippen molar-refractivity contribution >= 4 is 5.69 Å². The van der Waals surface area contributed by atoms with E-state index in [4.69, 9.17) is 15.2 Å².